The average Bonchev–Trinajstić information content (AvgIpc) is 3.41. The highest BCUT2D eigenvalue weighted by molar-refractivity contribution is 5.91. The van der Waals surface area contributed by atoms with Crippen molar-refractivity contribution in [1.82, 2.24) is 15.1 Å². The topological polar surface area (TPSA) is 35.6 Å². The predicted molar refractivity (Wildman–Crippen MR) is 93.5 cm³/mol. The first-order valence-corrected chi connectivity index (χ1v) is 9.13. The van der Waals surface area contributed by atoms with Crippen molar-refractivity contribution in [2.45, 2.75) is 31.6 Å². The van der Waals surface area contributed by atoms with Gasteiger partial charge in [-0.2, -0.15) is 0 Å². The molecule has 1 aliphatic carbocycles. The second-order valence-electron chi connectivity index (χ2n) is 6.97. The summed E-state index contributed by atoms with van der Waals surface area (Å²) in [6, 6.07) is 6.38. The van der Waals surface area contributed by atoms with E-state index in [1.807, 2.05) is 0 Å². The summed E-state index contributed by atoms with van der Waals surface area (Å²) in [5, 5.41) is 3.09. The highest BCUT2D eigenvalue weighted by atomic mass is 19.1. The van der Waals surface area contributed by atoms with Crippen LogP contribution in [0.3, 0.4) is 0 Å². The molecule has 1 saturated heterocycles. The monoisotopic (exact) mass is 333 g/mol. The first-order chi connectivity index (χ1) is 11.6. The Bertz CT molecular complexity index is 548. The van der Waals surface area contributed by atoms with Crippen molar-refractivity contribution in [3.8, 4) is 0 Å². The summed E-state index contributed by atoms with van der Waals surface area (Å²) < 4.78 is 13.1. The molecule has 1 aliphatic heterocycles. The fourth-order valence-corrected chi connectivity index (χ4v) is 3.54. The summed E-state index contributed by atoms with van der Waals surface area (Å²) in [5.74, 6) is -0.150. The fraction of sp³-hybridized carbons (Fsp3) is 0.632. The van der Waals surface area contributed by atoms with Gasteiger partial charge in [0.05, 0.1) is 5.41 Å². The molecule has 3 rings (SSSR count). The molecular formula is C19H28FN3O. The summed E-state index contributed by atoms with van der Waals surface area (Å²) in [4.78, 5) is 17.5. The minimum absolute atomic E-state index is 0.102. The van der Waals surface area contributed by atoms with Crippen LogP contribution in [0, 0.1) is 5.82 Å². The van der Waals surface area contributed by atoms with Gasteiger partial charge in [0.1, 0.15) is 5.82 Å². The van der Waals surface area contributed by atoms with Gasteiger partial charge < -0.3 is 15.1 Å². The van der Waals surface area contributed by atoms with Crippen LogP contribution in [0.25, 0.3) is 0 Å². The number of benzene rings is 1. The lowest BCUT2D eigenvalue weighted by Gasteiger charge is -2.34. The van der Waals surface area contributed by atoms with Crippen LogP contribution in [0.1, 0.15) is 31.7 Å². The molecule has 0 spiro atoms. The number of hydrogen-bond donors (Lipinski definition) is 1. The third kappa shape index (κ3) is 3.95. The molecule has 1 amide bonds. The van der Waals surface area contributed by atoms with Gasteiger partial charge in [-0.25, -0.2) is 4.39 Å². The second-order valence-corrected chi connectivity index (χ2v) is 6.97. The number of carbonyl (C=O) groups excluding carboxylic acids is 1. The van der Waals surface area contributed by atoms with Crippen molar-refractivity contribution < 1.29 is 9.18 Å². The minimum Gasteiger partial charge on any atom is -0.355 e. The lowest BCUT2D eigenvalue weighted by molar-refractivity contribution is -0.123. The van der Waals surface area contributed by atoms with Crippen molar-refractivity contribution in [3.63, 3.8) is 0 Å². The smallest absolute Gasteiger partial charge is 0.230 e. The molecule has 0 bridgehead atoms. The van der Waals surface area contributed by atoms with E-state index < -0.39 is 5.41 Å². The number of nitrogens with zero attached hydrogens (tertiary/aromatic N) is 2. The number of piperazine rings is 1. The molecule has 132 valence electrons. The lowest BCUT2D eigenvalue weighted by Crippen LogP contribution is -2.46. The van der Waals surface area contributed by atoms with Crippen molar-refractivity contribution in [3.05, 3.63) is 35.6 Å². The Kier molecular flexibility index (Phi) is 5.51. The summed E-state index contributed by atoms with van der Waals surface area (Å²) >= 11 is 0. The van der Waals surface area contributed by atoms with E-state index in [0.717, 1.165) is 70.6 Å². The van der Waals surface area contributed by atoms with Crippen LogP contribution in [0.15, 0.2) is 24.3 Å². The maximum atomic E-state index is 13.1. The number of nitrogens with one attached hydrogen (secondary N) is 1. The van der Waals surface area contributed by atoms with Crippen molar-refractivity contribution in [2.24, 2.45) is 0 Å². The van der Waals surface area contributed by atoms with Gasteiger partial charge in [-0.1, -0.05) is 19.1 Å². The number of rotatable bonds is 7. The van der Waals surface area contributed by atoms with E-state index in [4.69, 9.17) is 0 Å². The van der Waals surface area contributed by atoms with Crippen LogP contribution in [0.5, 0.6) is 0 Å². The highest BCUT2D eigenvalue weighted by Gasteiger charge is 2.50. The maximum Gasteiger partial charge on any atom is 0.230 e. The molecule has 0 atom stereocenters. The van der Waals surface area contributed by atoms with Gasteiger partial charge in [0.2, 0.25) is 5.91 Å². The third-order valence-electron chi connectivity index (χ3n) is 5.43. The van der Waals surface area contributed by atoms with Gasteiger partial charge >= 0.3 is 0 Å². The van der Waals surface area contributed by atoms with Gasteiger partial charge in [-0.15, -0.1) is 0 Å². The Morgan fingerprint density at radius 1 is 1.12 bits per heavy atom. The van der Waals surface area contributed by atoms with Crippen LogP contribution in [-0.2, 0) is 10.2 Å². The van der Waals surface area contributed by atoms with Crippen LogP contribution in [0.4, 0.5) is 4.39 Å². The SMILES string of the molecule is CCN1CCN(CCCNC(=O)C2(c3ccc(F)cc3)CC2)CC1. The first-order valence-electron chi connectivity index (χ1n) is 9.13. The summed E-state index contributed by atoms with van der Waals surface area (Å²) in [5.41, 5.74) is 0.539. The molecule has 1 N–H and O–H groups in total. The van der Waals surface area contributed by atoms with E-state index in [0.29, 0.717) is 0 Å². The number of hydrogen-bond acceptors (Lipinski definition) is 3. The van der Waals surface area contributed by atoms with E-state index in [2.05, 4.69) is 22.0 Å². The molecule has 1 aromatic carbocycles. The lowest BCUT2D eigenvalue weighted by atomic mass is 9.95. The van der Waals surface area contributed by atoms with Gasteiger partial charge in [0, 0.05) is 32.7 Å². The minimum atomic E-state index is -0.402. The maximum absolute atomic E-state index is 13.1. The van der Waals surface area contributed by atoms with E-state index in [1.54, 1.807) is 12.1 Å². The van der Waals surface area contributed by atoms with Crippen molar-refractivity contribution in [1.29, 1.82) is 0 Å². The zero-order valence-corrected chi connectivity index (χ0v) is 14.6. The van der Waals surface area contributed by atoms with Gasteiger partial charge in [0.25, 0.3) is 0 Å². The standard InChI is InChI=1S/C19H28FN3O/c1-2-22-12-14-23(15-13-22)11-3-10-21-18(24)19(8-9-19)16-4-6-17(20)7-5-16/h4-7H,2-3,8-15H2,1H3,(H,21,24). The number of likely N-dealkylation sites (N-methyl/N-ethyl adjacent to an activating group) is 1. The molecule has 0 unspecified atom stereocenters. The van der Waals surface area contributed by atoms with Gasteiger partial charge in [0.15, 0.2) is 0 Å². The van der Waals surface area contributed by atoms with Crippen LogP contribution < -0.4 is 5.32 Å². The molecule has 1 heterocycles. The van der Waals surface area contributed by atoms with Gasteiger partial charge in [-0.3, -0.25) is 4.79 Å². The highest BCUT2D eigenvalue weighted by Crippen LogP contribution is 2.48. The molecular weight excluding hydrogens is 305 g/mol. The normalized spacial score (nSPS) is 20.8. The molecule has 24 heavy (non-hydrogen) atoms. The van der Waals surface area contributed by atoms with Crippen LogP contribution >= 0.6 is 0 Å². The molecule has 2 aliphatic rings. The average molecular weight is 333 g/mol. The van der Waals surface area contributed by atoms with Crippen LogP contribution in [-0.4, -0.2) is 61.5 Å². The third-order valence-corrected chi connectivity index (χ3v) is 5.43. The quantitative estimate of drug-likeness (QED) is 0.775. The molecule has 0 radical (unpaired) electrons. The largest absolute Gasteiger partial charge is 0.355 e. The molecule has 0 aromatic heterocycles. The molecule has 1 aromatic rings. The number of amides is 1. The Hall–Kier alpha value is -1.46. The van der Waals surface area contributed by atoms with Crippen LogP contribution in [0.2, 0.25) is 0 Å². The Labute approximate surface area is 144 Å². The number of halogens is 1. The molecule has 2 fully saturated rings. The molecule has 5 heteroatoms. The molecule has 1 saturated carbocycles. The Balaban J connectivity index is 1.39. The van der Waals surface area contributed by atoms with Crippen molar-refractivity contribution in [2.75, 3.05) is 45.8 Å². The zero-order chi connectivity index (χ0) is 17.0. The predicted octanol–water partition coefficient (Wildman–Crippen LogP) is 2.00. The Morgan fingerprint density at radius 2 is 1.75 bits per heavy atom. The van der Waals surface area contributed by atoms with E-state index in [-0.39, 0.29) is 11.7 Å². The van der Waals surface area contributed by atoms with Gasteiger partial charge in [-0.05, 0) is 50.0 Å². The fourth-order valence-electron chi connectivity index (χ4n) is 3.54. The van der Waals surface area contributed by atoms with E-state index >= 15 is 0 Å². The summed E-state index contributed by atoms with van der Waals surface area (Å²) in [7, 11) is 0. The first kappa shape index (κ1) is 17.4. The number of carbonyl (C=O) groups is 1. The Morgan fingerprint density at radius 3 is 2.33 bits per heavy atom. The summed E-state index contributed by atoms with van der Waals surface area (Å²) in [6.45, 7) is 9.65. The van der Waals surface area contributed by atoms with E-state index in [9.17, 15) is 9.18 Å². The molecule has 4 nitrogen and oxygen atoms in total. The zero-order valence-electron chi connectivity index (χ0n) is 14.6. The van der Waals surface area contributed by atoms with E-state index in [1.165, 1.54) is 12.1 Å². The second kappa shape index (κ2) is 7.62. The summed E-state index contributed by atoms with van der Waals surface area (Å²) in [6.07, 6.45) is 2.71. The van der Waals surface area contributed by atoms with Crippen molar-refractivity contribution >= 4 is 5.91 Å².